The number of carbonyl (C=O) groups is 1. The van der Waals surface area contributed by atoms with E-state index in [-0.39, 0.29) is 26.8 Å². The first kappa shape index (κ1) is 12.8. The van der Waals surface area contributed by atoms with Crippen LogP contribution in [0.1, 0.15) is 39.5 Å². The number of rotatable bonds is 1. The van der Waals surface area contributed by atoms with Crippen molar-refractivity contribution in [2.75, 3.05) is 0 Å². The van der Waals surface area contributed by atoms with Crippen LogP contribution in [0.5, 0.6) is 0 Å². The van der Waals surface area contributed by atoms with Crippen LogP contribution in [0, 0.1) is 0 Å². The van der Waals surface area contributed by atoms with E-state index in [0.29, 0.717) is 6.42 Å². The van der Waals surface area contributed by atoms with Gasteiger partial charge >= 0.3 is 0 Å². The fraction of sp³-hybridized carbons (Fsp3) is 0.545. The standard InChI is InChI=1S/C7H8.C4H8O.Pt/c1-2-7-4-3-6(1)5-7;1-3-4(2)5;/h1-2H,3-5H2;3H2,1-2H3;. The van der Waals surface area contributed by atoms with Gasteiger partial charge in [0.2, 0.25) is 0 Å². The van der Waals surface area contributed by atoms with Crippen molar-refractivity contribution >= 4 is 5.78 Å². The van der Waals surface area contributed by atoms with Crippen molar-refractivity contribution < 1.29 is 25.9 Å². The van der Waals surface area contributed by atoms with Crippen molar-refractivity contribution in [3.63, 3.8) is 0 Å². The van der Waals surface area contributed by atoms with Crippen molar-refractivity contribution in [2.24, 2.45) is 0 Å². The molecule has 0 saturated heterocycles. The maximum absolute atomic E-state index is 9.81. The van der Waals surface area contributed by atoms with Gasteiger partial charge in [-0.3, -0.25) is 0 Å². The zero-order valence-corrected chi connectivity index (χ0v) is 10.5. The fourth-order valence-corrected chi connectivity index (χ4v) is 1.31. The zero-order chi connectivity index (χ0) is 8.97. The number of fused-ring (bicyclic) bond motifs is 2. The molecule has 0 aliphatic heterocycles. The summed E-state index contributed by atoms with van der Waals surface area (Å²) in [6, 6.07) is 0. The minimum absolute atomic E-state index is 0. The van der Waals surface area contributed by atoms with E-state index in [2.05, 4.69) is 12.2 Å². The molecule has 0 radical (unpaired) electrons. The number of allylic oxidation sites excluding steroid dienone is 4. The van der Waals surface area contributed by atoms with Crippen LogP contribution in [0.3, 0.4) is 0 Å². The van der Waals surface area contributed by atoms with Gasteiger partial charge in [-0.1, -0.05) is 30.2 Å². The monoisotopic (exact) mass is 359 g/mol. The Hall–Kier alpha value is -0.162. The molecule has 13 heavy (non-hydrogen) atoms. The van der Waals surface area contributed by atoms with Crippen LogP contribution in [0.25, 0.3) is 0 Å². The van der Waals surface area contributed by atoms with E-state index < -0.39 is 0 Å². The molecule has 2 aliphatic rings. The Morgan fingerprint density at radius 3 is 1.77 bits per heavy atom. The van der Waals surface area contributed by atoms with Gasteiger partial charge in [0.15, 0.2) is 0 Å². The van der Waals surface area contributed by atoms with E-state index in [1.807, 2.05) is 6.92 Å². The van der Waals surface area contributed by atoms with Crippen molar-refractivity contribution in [1.29, 1.82) is 0 Å². The van der Waals surface area contributed by atoms with Gasteiger partial charge in [-0.2, -0.15) is 0 Å². The Morgan fingerprint density at radius 2 is 1.69 bits per heavy atom. The van der Waals surface area contributed by atoms with Gasteiger partial charge in [0, 0.05) is 27.5 Å². The maximum Gasteiger partial charge on any atom is 0.129 e. The van der Waals surface area contributed by atoms with E-state index in [0.717, 1.165) is 0 Å². The summed E-state index contributed by atoms with van der Waals surface area (Å²) in [7, 11) is 0. The predicted octanol–water partition coefficient (Wildman–Crippen LogP) is 3.02. The van der Waals surface area contributed by atoms with Crippen LogP contribution in [0.2, 0.25) is 0 Å². The smallest absolute Gasteiger partial charge is 0.129 e. The molecule has 1 nitrogen and oxygen atoms in total. The second-order valence-corrected chi connectivity index (χ2v) is 3.38. The molecule has 0 spiro atoms. The Labute approximate surface area is 94.6 Å². The van der Waals surface area contributed by atoms with Crippen LogP contribution >= 0.6 is 0 Å². The summed E-state index contributed by atoms with van der Waals surface area (Å²) in [4.78, 5) is 9.81. The predicted molar refractivity (Wildman–Crippen MR) is 51.0 cm³/mol. The number of hydrogen-bond donors (Lipinski definition) is 0. The molecular formula is C11H16OPt. The van der Waals surface area contributed by atoms with E-state index in [1.165, 1.54) is 19.3 Å². The summed E-state index contributed by atoms with van der Waals surface area (Å²) in [5.74, 6) is 0.255. The van der Waals surface area contributed by atoms with E-state index >= 15 is 0 Å². The van der Waals surface area contributed by atoms with Gasteiger partial charge in [-0.15, -0.1) is 0 Å². The Morgan fingerprint density at radius 1 is 1.31 bits per heavy atom. The van der Waals surface area contributed by atoms with Crippen LogP contribution in [0.4, 0.5) is 0 Å². The summed E-state index contributed by atoms with van der Waals surface area (Å²) in [6.07, 6.45) is 9.20. The molecule has 2 aliphatic carbocycles. The summed E-state index contributed by atoms with van der Waals surface area (Å²) < 4.78 is 0. The minimum atomic E-state index is 0. The number of carbonyl (C=O) groups excluding carboxylic acids is 1. The van der Waals surface area contributed by atoms with Crippen molar-refractivity contribution in [3.8, 4) is 0 Å². The zero-order valence-electron chi connectivity index (χ0n) is 8.21. The second kappa shape index (κ2) is 6.32. The number of ketones is 1. The Kier molecular flexibility index (Phi) is 6.24. The van der Waals surface area contributed by atoms with Crippen LogP contribution in [0.15, 0.2) is 23.3 Å². The fourth-order valence-electron chi connectivity index (χ4n) is 1.31. The molecule has 1 saturated carbocycles. The van der Waals surface area contributed by atoms with Gasteiger partial charge < -0.3 is 4.79 Å². The molecule has 0 unspecified atom stereocenters. The van der Waals surface area contributed by atoms with Gasteiger partial charge in [-0.05, 0) is 26.2 Å². The average molecular weight is 359 g/mol. The summed E-state index contributed by atoms with van der Waals surface area (Å²) in [6.45, 7) is 3.43. The van der Waals surface area contributed by atoms with Gasteiger partial charge in [0.25, 0.3) is 0 Å². The van der Waals surface area contributed by atoms with E-state index in [1.54, 1.807) is 18.1 Å². The molecule has 2 rings (SSSR count). The van der Waals surface area contributed by atoms with Gasteiger partial charge in [0.1, 0.15) is 5.78 Å². The van der Waals surface area contributed by atoms with Crippen molar-refractivity contribution in [2.45, 2.75) is 39.5 Å². The molecule has 0 atom stereocenters. The largest absolute Gasteiger partial charge is 0.300 e. The molecule has 0 aromatic heterocycles. The topological polar surface area (TPSA) is 17.1 Å². The molecule has 2 bridgehead atoms. The maximum atomic E-state index is 9.81. The number of hydrogen-bond acceptors (Lipinski definition) is 1. The summed E-state index contributed by atoms with van der Waals surface area (Å²) in [5.41, 5.74) is 3.30. The molecular weight excluding hydrogens is 343 g/mol. The van der Waals surface area contributed by atoms with Gasteiger partial charge in [-0.25, -0.2) is 0 Å². The SMILES string of the molecule is C1=C2CCC(=C1)C2.CCC(C)=O.[Pt]. The molecule has 0 N–H and O–H groups in total. The molecule has 2 heteroatoms. The first-order valence-corrected chi connectivity index (χ1v) is 4.59. The molecule has 76 valence electrons. The third-order valence-electron chi connectivity index (χ3n) is 2.27. The van der Waals surface area contributed by atoms with Crippen LogP contribution in [-0.4, -0.2) is 5.78 Å². The molecule has 0 heterocycles. The normalized spacial score (nSPS) is 16.5. The van der Waals surface area contributed by atoms with E-state index in [4.69, 9.17) is 0 Å². The van der Waals surface area contributed by atoms with Gasteiger partial charge in [0.05, 0.1) is 0 Å². The first-order chi connectivity index (χ1) is 5.72. The molecule has 0 amide bonds. The second-order valence-electron chi connectivity index (χ2n) is 3.38. The van der Waals surface area contributed by atoms with Crippen LogP contribution < -0.4 is 0 Å². The molecule has 0 aromatic rings. The molecule has 1 fully saturated rings. The Bertz CT molecular complexity index is 220. The third-order valence-corrected chi connectivity index (χ3v) is 2.27. The summed E-state index contributed by atoms with van der Waals surface area (Å²) in [5, 5.41) is 0. The van der Waals surface area contributed by atoms with Crippen molar-refractivity contribution in [3.05, 3.63) is 23.3 Å². The third kappa shape index (κ3) is 4.57. The quantitative estimate of drug-likeness (QED) is 0.704. The van der Waals surface area contributed by atoms with Crippen molar-refractivity contribution in [1.82, 2.24) is 0 Å². The number of Topliss-reactive ketones (excluding diaryl/α,β-unsaturated/α-hetero) is 1. The summed E-state index contributed by atoms with van der Waals surface area (Å²) >= 11 is 0. The average Bonchev–Trinajstić information content (AvgIpc) is 2.67. The Balaban J connectivity index is 0.000000220. The van der Waals surface area contributed by atoms with E-state index in [9.17, 15) is 4.79 Å². The minimum Gasteiger partial charge on any atom is -0.300 e. The molecule has 0 aromatic carbocycles. The van der Waals surface area contributed by atoms with Crippen LogP contribution in [-0.2, 0) is 25.9 Å². The first-order valence-electron chi connectivity index (χ1n) is 4.59.